The monoisotopic (exact) mass is 294 g/mol. The maximum atomic E-state index is 10.9. The molecular formula is C16H22O3S. The van der Waals surface area contributed by atoms with E-state index in [-0.39, 0.29) is 5.92 Å². The van der Waals surface area contributed by atoms with Crippen molar-refractivity contribution in [3.8, 4) is 0 Å². The number of carbonyl (C=O) groups is 1. The van der Waals surface area contributed by atoms with E-state index in [0.29, 0.717) is 31.4 Å². The van der Waals surface area contributed by atoms with Crippen molar-refractivity contribution in [3.05, 3.63) is 35.4 Å². The fourth-order valence-electron chi connectivity index (χ4n) is 2.67. The Balaban J connectivity index is 1.80. The van der Waals surface area contributed by atoms with Crippen LogP contribution in [0.2, 0.25) is 0 Å². The third kappa shape index (κ3) is 4.00. The largest absolute Gasteiger partial charge is 0.481 e. The third-order valence-corrected chi connectivity index (χ3v) is 5.41. The summed E-state index contributed by atoms with van der Waals surface area (Å²) < 4.78 is 0. The van der Waals surface area contributed by atoms with Crippen molar-refractivity contribution in [2.45, 2.75) is 44.0 Å². The van der Waals surface area contributed by atoms with Gasteiger partial charge in [0.15, 0.2) is 0 Å². The van der Waals surface area contributed by atoms with Crippen molar-refractivity contribution < 1.29 is 15.0 Å². The minimum Gasteiger partial charge on any atom is -0.481 e. The van der Waals surface area contributed by atoms with Gasteiger partial charge in [0.1, 0.15) is 0 Å². The molecule has 110 valence electrons. The van der Waals surface area contributed by atoms with Crippen LogP contribution in [-0.4, -0.2) is 27.5 Å². The first kappa shape index (κ1) is 15.4. The molecular weight excluding hydrogens is 272 g/mol. The number of carboxylic acid groups (broad SMARTS) is 1. The van der Waals surface area contributed by atoms with E-state index in [9.17, 15) is 9.90 Å². The van der Waals surface area contributed by atoms with Crippen molar-refractivity contribution in [2.24, 2.45) is 5.92 Å². The molecule has 0 amide bonds. The summed E-state index contributed by atoms with van der Waals surface area (Å²) in [5.41, 5.74) is 1.90. The van der Waals surface area contributed by atoms with E-state index in [1.807, 2.05) is 12.1 Å². The minimum absolute atomic E-state index is 0.267. The zero-order valence-corrected chi connectivity index (χ0v) is 12.7. The highest BCUT2D eigenvalue weighted by Crippen LogP contribution is 2.35. The SMILES string of the molecule is Cc1ccccc1CSCC1(O)CCC(C(=O)O)CC1. The number of carboxylic acids is 1. The van der Waals surface area contributed by atoms with Crippen LogP contribution in [0.1, 0.15) is 36.8 Å². The van der Waals surface area contributed by atoms with Crippen LogP contribution in [0.3, 0.4) is 0 Å². The Kier molecular flexibility index (Phi) is 5.11. The van der Waals surface area contributed by atoms with E-state index in [0.717, 1.165) is 5.75 Å². The second-order valence-electron chi connectivity index (χ2n) is 5.76. The number of benzene rings is 1. The Morgan fingerprint density at radius 2 is 2.00 bits per heavy atom. The molecule has 0 aromatic heterocycles. The van der Waals surface area contributed by atoms with Gasteiger partial charge in [-0.25, -0.2) is 0 Å². The first-order valence-corrected chi connectivity index (χ1v) is 8.23. The smallest absolute Gasteiger partial charge is 0.306 e. The van der Waals surface area contributed by atoms with Crippen molar-refractivity contribution in [3.63, 3.8) is 0 Å². The van der Waals surface area contributed by atoms with Crippen LogP contribution in [0, 0.1) is 12.8 Å². The normalized spacial score (nSPS) is 26.4. The van der Waals surface area contributed by atoms with E-state index in [2.05, 4.69) is 19.1 Å². The average Bonchev–Trinajstić information content (AvgIpc) is 2.41. The summed E-state index contributed by atoms with van der Waals surface area (Å²) in [5, 5.41) is 19.5. The van der Waals surface area contributed by atoms with Crippen molar-refractivity contribution >= 4 is 17.7 Å². The van der Waals surface area contributed by atoms with Crippen LogP contribution in [0.15, 0.2) is 24.3 Å². The first-order valence-electron chi connectivity index (χ1n) is 7.08. The van der Waals surface area contributed by atoms with Gasteiger partial charge in [0.2, 0.25) is 0 Å². The van der Waals surface area contributed by atoms with E-state index in [1.165, 1.54) is 11.1 Å². The highest BCUT2D eigenvalue weighted by atomic mass is 32.2. The average molecular weight is 294 g/mol. The van der Waals surface area contributed by atoms with Crippen molar-refractivity contribution in [2.75, 3.05) is 5.75 Å². The molecule has 3 nitrogen and oxygen atoms in total. The topological polar surface area (TPSA) is 57.5 Å². The molecule has 1 aliphatic carbocycles. The summed E-state index contributed by atoms with van der Waals surface area (Å²) in [6.45, 7) is 2.10. The fraction of sp³-hybridized carbons (Fsp3) is 0.562. The first-order chi connectivity index (χ1) is 9.50. The number of aliphatic hydroxyl groups is 1. The number of aliphatic carboxylic acids is 1. The lowest BCUT2D eigenvalue weighted by molar-refractivity contribution is -0.144. The molecule has 4 heteroatoms. The number of hydrogen-bond acceptors (Lipinski definition) is 3. The second-order valence-corrected chi connectivity index (χ2v) is 6.74. The van der Waals surface area contributed by atoms with E-state index < -0.39 is 11.6 Å². The predicted molar refractivity (Wildman–Crippen MR) is 81.9 cm³/mol. The zero-order chi connectivity index (χ0) is 14.6. The summed E-state index contributed by atoms with van der Waals surface area (Å²) in [4.78, 5) is 10.9. The molecule has 0 aliphatic heterocycles. The quantitative estimate of drug-likeness (QED) is 0.875. The molecule has 0 unspecified atom stereocenters. The third-order valence-electron chi connectivity index (χ3n) is 4.16. The molecule has 0 heterocycles. The summed E-state index contributed by atoms with van der Waals surface area (Å²) in [6, 6.07) is 8.29. The van der Waals surface area contributed by atoms with Crippen LogP contribution in [0.4, 0.5) is 0 Å². The standard InChI is InChI=1S/C16H22O3S/c1-12-4-2-3-5-14(12)10-20-11-16(19)8-6-13(7-9-16)15(17)18/h2-5,13,19H,6-11H2,1H3,(H,17,18). The number of rotatable bonds is 5. The molecule has 0 atom stereocenters. The summed E-state index contributed by atoms with van der Waals surface area (Å²) in [5.74, 6) is 0.599. The molecule has 0 spiro atoms. The molecule has 1 aromatic rings. The van der Waals surface area contributed by atoms with Gasteiger partial charge in [-0.2, -0.15) is 11.8 Å². The van der Waals surface area contributed by atoms with Gasteiger partial charge in [-0.05, 0) is 43.7 Å². The number of thioether (sulfide) groups is 1. The Labute approximate surface area is 124 Å². The molecule has 0 bridgehead atoms. The molecule has 2 rings (SSSR count). The van der Waals surface area contributed by atoms with Crippen LogP contribution in [0.25, 0.3) is 0 Å². The van der Waals surface area contributed by atoms with Gasteiger partial charge in [0, 0.05) is 11.5 Å². The molecule has 1 fully saturated rings. The molecule has 1 aliphatic rings. The maximum Gasteiger partial charge on any atom is 0.306 e. The van der Waals surface area contributed by atoms with Gasteiger partial charge in [-0.15, -0.1) is 0 Å². The second kappa shape index (κ2) is 6.64. The van der Waals surface area contributed by atoms with Crippen molar-refractivity contribution in [1.29, 1.82) is 0 Å². The van der Waals surface area contributed by atoms with Crippen LogP contribution >= 0.6 is 11.8 Å². The summed E-state index contributed by atoms with van der Waals surface area (Å²) in [6.07, 6.45) is 2.39. The fourth-order valence-corrected chi connectivity index (χ4v) is 3.98. The predicted octanol–water partition coefficient (Wildman–Crippen LogP) is 3.23. The van der Waals surface area contributed by atoms with Gasteiger partial charge < -0.3 is 10.2 Å². The summed E-state index contributed by atoms with van der Waals surface area (Å²) >= 11 is 1.74. The highest BCUT2D eigenvalue weighted by Gasteiger charge is 2.35. The Morgan fingerprint density at radius 3 is 2.60 bits per heavy atom. The lowest BCUT2D eigenvalue weighted by Gasteiger charge is -2.34. The highest BCUT2D eigenvalue weighted by molar-refractivity contribution is 7.98. The molecule has 1 aromatic carbocycles. The molecule has 2 N–H and O–H groups in total. The van der Waals surface area contributed by atoms with Crippen molar-refractivity contribution in [1.82, 2.24) is 0 Å². The maximum absolute atomic E-state index is 10.9. The van der Waals surface area contributed by atoms with Gasteiger partial charge in [-0.1, -0.05) is 24.3 Å². The number of aryl methyl sites for hydroxylation is 1. The van der Waals surface area contributed by atoms with Gasteiger partial charge >= 0.3 is 5.97 Å². The van der Waals surface area contributed by atoms with E-state index in [1.54, 1.807) is 11.8 Å². The van der Waals surface area contributed by atoms with Crippen LogP contribution < -0.4 is 0 Å². The molecule has 20 heavy (non-hydrogen) atoms. The minimum atomic E-state index is -0.723. The van der Waals surface area contributed by atoms with Crippen LogP contribution in [0.5, 0.6) is 0 Å². The zero-order valence-electron chi connectivity index (χ0n) is 11.8. The Morgan fingerprint density at radius 1 is 1.35 bits per heavy atom. The Hall–Kier alpha value is -1.00. The molecule has 0 radical (unpaired) electrons. The van der Waals surface area contributed by atoms with E-state index in [4.69, 9.17) is 5.11 Å². The van der Waals surface area contributed by atoms with Gasteiger partial charge in [-0.3, -0.25) is 4.79 Å². The number of hydrogen-bond donors (Lipinski definition) is 2. The van der Waals surface area contributed by atoms with E-state index >= 15 is 0 Å². The van der Waals surface area contributed by atoms with Crippen LogP contribution in [-0.2, 0) is 10.5 Å². The lowest BCUT2D eigenvalue weighted by atomic mass is 9.80. The Bertz CT molecular complexity index is 465. The van der Waals surface area contributed by atoms with Gasteiger partial charge in [0.05, 0.1) is 11.5 Å². The van der Waals surface area contributed by atoms with Gasteiger partial charge in [0.25, 0.3) is 0 Å². The summed E-state index contributed by atoms with van der Waals surface area (Å²) in [7, 11) is 0. The molecule has 0 saturated heterocycles. The molecule has 1 saturated carbocycles. The lowest BCUT2D eigenvalue weighted by Crippen LogP contribution is -2.38.